The minimum atomic E-state index is -0.729. The number of hydrogen-bond donors (Lipinski definition) is 2. The van der Waals surface area contributed by atoms with Crippen LogP contribution in [0, 0.1) is 0 Å². The van der Waals surface area contributed by atoms with Gasteiger partial charge < -0.3 is 20.1 Å². The molecule has 8 heteroatoms. The van der Waals surface area contributed by atoms with Gasteiger partial charge in [-0.15, -0.1) is 0 Å². The number of Topliss-reactive ketones (excluding diaryl/α,β-unsaturated/α-hetero) is 1. The van der Waals surface area contributed by atoms with Crippen LogP contribution < -0.4 is 10.6 Å². The van der Waals surface area contributed by atoms with Crippen molar-refractivity contribution < 1.29 is 28.7 Å². The predicted molar refractivity (Wildman–Crippen MR) is 63.9 cm³/mol. The lowest BCUT2D eigenvalue weighted by Crippen LogP contribution is -2.41. The molecule has 0 aromatic rings. The third-order valence-electron chi connectivity index (χ3n) is 1.57. The summed E-state index contributed by atoms with van der Waals surface area (Å²) in [7, 11) is 0. The monoisotopic (exact) mass is 273 g/mol. The maximum absolute atomic E-state index is 11.2. The lowest BCUT2D eigenvalue weighted by molar-refractivity contribution is -0.125. The SMILES string of the molecule is CC(C)(C)OC(=O)NCC(=O)NCC(=O)CO[C]=O. The molecule has 0 unspecified atom stereocenters. The normalized spacial score (nSPS) is 10.3. The van der Waals surface area contributed by atoms with Crippen LogP contribution >= 0.6 is 0 Å². The Morgan fingerprint density at radius 3 is 2.26 bits per heavy atom. The van der Waals surface area contributed by atoms with Gasteiger partial charge in [0.05, 0.1) is 6.54 Å². The van der Waals surface area contributed by atoms with E-state index in [-0.39, 0.29) is 13.1 Å². The molecule has 107 valence electrons. The zero-order chi connectivity index (χ0) is 14.9. The topological polar surface area (TPSA) is 111 Å². The molecule has 1 radical (unpaired) electrons. The molecular formula is C11H17N2O6. The fourth-order valence-electron chi connectivity index (χ4n) is 0.887. The summed E-state index contributed by atoms with van der Waals surface area (Å²) in [5, 5.41) is 4.47. The van der Waals surface area contributed by atoms with E-state index in [1.807, 2.05) is 0 Å². The second-order valence-electron chi connectivity index (χ2n) is 4.54. The van der Waals surface area contributed by atoms with Crippen LogP contribution in [0.5, 0.6) is 0 Å². The molecule has 8 nitrogen and oxygen atoms in total. The van der Waals surface area contributed by atoms with Crippen molar-refractivity contribution in [1.29, 1.82) is 0 Å². The van der Waals surface area contributed by atoms with Crippen LogP contribution in [0.2, 0.25) is 0 Å². The van der Waals surface area contributed by atoms with E-state index in [9.17, 15) is 19.2 Å². The lowest BCUT2D eigenvalue weighted by atomic mass is 10.2. The van der Waals surface area contributed by atoms with Crippen LogP contribution in [0.15, 0.2) is 0 Å². The summed E-state index contributed by atoms with van der Waals surface area (Å²) in [5.74, 6) is -1.05. The minimum absolute atomic E-state index is 0.295. The van der Waals surface area contributed by atoms with Crippen molar-refractivity contribution in [1.82, 2.24) is 10.6 Å². The number of rotatable bonds is 7. The molecule has 0 fully saturated rings. The van der Waals surface area contributed by atoms with Crippen molar-refractivity contribution in [3.8, 4) is 0 Å². The standard InChI is InChI=1S/C11H17N2O6/c1-11(2,3)19-10(17)13-5-9(16)12-4-8(15)6-18-7-14/h4-6H2,1-3H3,(H,12,16)(H,13,17). The number of ketones is 1. The Balaban J connectivity index is 3.78. The summed E-state index contributed by atoms with van der Waals surface area (Å²) in [5.41, 5.74) is -0.654. The highest BCUT2D eigenvalue weighted by atomic mass is 16.6. The molecule has 2 N–H and O–H groups in total. The maximum Gasteiger partial charge on any atom is 0.417 e. The van der Waals surface area contributed by atoms with Crippen LogP contribution in [-0.4, -0.2) is 49.6 Å². The van der Waals surface area contributed by atoms with Crippen molar-refractivity contribution in [3.05, 3.63) is 0 Å². The average molecular weight is 273 g/mol. The minimum Gasteiger partial charge on any atom is -0.449 e. The first-order valence-electron chi connectivity index (χ1n) is 5.49. The van der Waals surface area contributed by atoms with Crippen LogP contribution in [0.1, 0.15) is 20.8 Å². The third kappa shape index (κ3) is 10.7. The van der Waals surface area contributed by atoms with Crippen molar-refractivity contribution in [2.45, 2.75) is 26.4 Å². The Labute approximate surface area is 110 Å². The molecule has 0 aromatic carbocycles. The number of carbonyl (C=O) groups is 3. The fourth-order valence-corrected chi connectivity index (χ4v) is 0.887. The summed E-state index contributed by atoms with van der Waals surface area (Å²) < 4.78 is 8.99. The van der Waals surface area contributed by atoms with Gasteiger partial charge in [-0.3, -0.25) is 9.59 Å². The molecule has 0 aliphatic heterocycles. The lowest BCUT2D eigenvalue weighted by Gasteiger charge is -2.19. The van der Waals surface area contributed by atoms with Crippen LogP contribution in [0.25, 0.3) is 0 Å². The first kappa shape index (κ1) is 16.9. The molecule has 0 saturated heterocycles. The number of ether oxygens (including phenoxy) is 2. The first-order chi connectivity index (χ1) is 8.74. The summed E-state index contributed by atoms with van der Waals surface area (Å²) in [6.07, 6.45) is -0.729. The third-order valence-corrected chi connectivity index (χ3v) is 1.57. The summed E-state index contributed by atoms with van der Waals surface area (Å²) in [4.78, 5) is 43.1. The Kier molecular flexibility index (Phi) is 7.16. The summed E-state index contributed by atoms with van der Waals surface area (Å²) in [6, 6.07) is 0. The van der Waals surface area contributed by atoms with Crippen LogP contribution in [-0.2, 0) is 23.9 Å². The molecule has 0 bridgehead atoms. The van der Waals surface area contributed by atoms with Gasteiger partial charge in [0.25, 0.3) is 0 Å². The van der Waals surface area contributed by atoms with E-state index in [0.29, 0.717) is 0 Å². The van der Waals surface area contributed by atoms with Crippen molar-refractivity contribution >= 4 is 24.3 Å². The Morgan fingerprint density at radius 1 is 1.11 bits per heavy atom. The molecule has 0 atom stereocenters. The molecular weight excluding hydrogens is 256 g/mol. The van der Waals surface area contributed by atoms with Gasteiger partial charge in [0.15, 0.2) is 12.4 Å². The molecule has 0 rings (SSSR count). The second-order valence-corrected chi connectivity index (χ2v) is 4.54. The van der Waals surface area contributed by atoms with Gasteiger partial charge in [0.1, 0.15) is 12.1 Å². The van der Waals surface area contributed by atoms with Gasteiger partial charge in [-0.1, -0.05) is 0 Å². The van der Waals surface area contributed by atoms with Crippen molar-refractivity contribution in [3.63, 3.8) is 0 Å². The van der Waals surface area contributed by atoms with Gasteiger partial charge in [0, 0.05) is 0 Å². The molecule has 19 heavy (non-hydrogen) atoms. The Hall–Kier alpha value is -2.12. The molecule has 0 aliphatic rings. The van der Waals surface area contributed by atoms with E-state index >= 15 is 0 Å². The van der Waals surface area contributed by atoms with E-state index in [4.69, 9.17) is 4.74 Å². The predicted octanol–water partition coefficient (Wildman–Crippen LogP) is -0.720. The first-order valence-corrected chi connectivity index (χ1v) is 5.49. The highest BCUT2D eigenvalue weighted by Crippen LogP contribution is 2.05. The number of nitrogens with one attached hydrogen (secondary N) is 2. The maximum atomic E-state index is 11.2. The quantitative estimate of drug-likeness (QED) is 0.633. The van der Waals surface area contributed by atoms with Crippen LogP contribution in [0.4, 0.5) is 4.79 Å². The Bertz CT molecular complexity index is 348. The second kappa shape index (κ2) is 8.06. The smallest absolute Gasteiger partial charge is 0.417 e. The molecule has 0 saturated carbocycles. The number of amides is 2. The Morgan fingerprint density at radius 2 is 1.74 bits per heavy atom. The van der Waals surface area contributed by atoms with Crippen LogP contribution in [0.3, 0.4) is 0 Å². The van der Waals surface area contributed by atoms with E-state index < -0.39 is 30.0 Å². The molecule has 0 spiro atoms. The van der Waals surface area contributed by atoms with E-state index in [2.05, 4.69) is 15.4 Å². The highest BCUT2D eigenvalue weighted by Gasteiger charge is 2.16. The van der Waals surface area contributed by atoms with E-state index in [1.165, 1.54) is 0 Å². The molecule has 0 aromatic heterocycles. The van der Waals surface area contributed by atoms with Crippen molar-refractivity contribution in [2.24, 2.45) is 0 Å². The van der Waals surface area contributed by atoms with Gasteiger partial charge in [-0.25, -0.2) is 9.59 Å². The van der Waals surface area contributed by atoms with Gasteiger partial charge in [-0.2, -0.15) is 0 Å². The summed E-state index contributed by atoms with van der Waals surface area (Å²) in [6.45, 7) is 5.09. The van der Waals surface area contributed by atoms with Crippen molar-refractivity contribution in [2.75, 3.05) is 19.7 Å². The zero-order valence-electron chi connectivity index (χ0n) is 11.1. The summed E-state index contributed by atoms with van der Waals surface area (Å²) >= 11 is 0. The van der Waals surface area contributed by atoms with E-state index in [0.717, 1.165) is 6.47 Å². The molecule has 2 amide bonds. The largest absolute Gasteiger partial charge is 0.449 e. The molecule has 0 heterocycles. The van der Waals surface area contributed by atoms with E-state index in [1.54, 1.807) is 20.8 Å². The number of hydrogen-bond acceptors (Lipinski definition) is 6. The molecule has 0 aliphatic carbocycles. The zero-order valence-corrected chi connectivity index (χ0v) is 11.1. The highest BCUT2D eigenvalue weighted by molar-refractivity contribution is 5.88. The number of alkyl carbamates (subject to hydrolysis) is 1. The van der Waals surface area contributed by atoms with Gasteiger partial charge in [0.2, 0.25) is 5.91 Å². The fraction of sp³-hybridized carbons (Fsp3) is 0.636. The average Bonchev–Trinajstić information content (AvgIpc) is 2.29. The van der Waals surface area contributed by atoms with Gasteiger partial charge >= 0.3 is 12.6 Å². The number of carbonyl (C=O) groups excluding carboxylic acids is 4. The van der Waals surface area contributed by atoms with Gasteiger partial charge in [-0.05, 0) is 20.8 Å².